The summed E-state index contributed by atoms with van der Waals surface area (Å²) in [5.41, 5.74) is 3.74. The molecule has 3 heteroatoms. The largest absolute Gasteiger partial charge is 0.342 e. The molecule has 2 aromatic rings. The van der Waals surface area contributed by atoms with Crippen molar-refractivity contribution >= 4 is 0 Å². The van der Waals surface area contributed by atoms with Crippen LogP contribution < -0.4 is 5.32 Å². The number of hydrogen-bond acceptors (Lipinski definition) is 2. The molecule has 0 atom stereocenters. The zero-order valence-electron chi connectivity index (χ0n) is 13.4. The van der Waals surface area contributed by atoms with Crippen molar-refractivity contribution in [2.24, 2.45) is 0 Å². The highest BCUT2D eigenvalue weighted by Crippen LogP contribution is 2.18. The van der Waals surface area contributed by atoms with Crippen molar-refractivity contribution in [1.82, 2.24) is 15.3 Å². The second kappa shape index (κ2) is 7.99. The van der Waals surface area contributed by atoms with Gasteiger partial charge in [-0.3, -0.25) is 0 Å². The van der Waals surface area contributed by atoms with Gasteiger partial charge in [-0.2, -0.15) is 0 Å². The standard InChI is InChI=1S/C18H27N3/c1-4-6-15-8-10-16(11-9-15)17-13-20-18(21-17)7-5-12-19-14(2)3/h8-11,13-14,19H,4-7,12H2,1-3H3,(H,20,21). The van der Waals surface area contributed by atoms with Crippen LogP contribution in [-0.4, -0.2) is 22.6 Å². The second-order valence-corrected chi connectivity index (χ2v) is 5.90. The Kier molecular flexibility index (Phi) is 6.00. The van der Waals surface area contributed by atoms with Gasteiger partial charge in [0.2, 0.25) is 0 Å². The molecule has 0 amide bonds. The lowest BCUT2D eigenvalue weighted by atomic mass is 10.1. The molecule has 3 nitrogen and oxygen atoms in total. The summed E-state index contributed by atoms with van der Waals surface area (Å²) in [7, 11) is 0. The number of imidazole rings is 1. The highest BCUT2D eigenvalue weighted by Gasteiger charge is 2.03. The zero-order valence-corrected chi connectivity index (χ0v) is 13.4. The summed E-state index contributed by atoms with van der Waals surface area (Å²) in [5, 5.41) is 3.43. The van der Waals surface area contributed by atoms with Gasteiger partial charge in [-0.25, -0.2) is 4.98 Å². The van der Waals surface area contributed by atoms with Gasteiger partial charge in [0.05, 0.1) is 11.9 Å². The molecule has 0 saturated carbocycles. The van der Waals surface area contributed by atoms with Gasteiger partial charge < -0.3 is 10.3 Å². The lowest BCUT2D eigenvalue weighted by Gasteiger charge is -2.06. The second-order valence-electron chi connectivity index (χ2n) is 5.90. The Bertz CT molecular complexity index is 526. The monoisotopic (exact) mass is 285 g/mol. The van der Waals surface area contributed by atoms with Gasteiger partial charge in [0, 0.05) is 12.5 Å². The third-order valence-electron chi connectivity index (χ3n) is 3.58. The van der Waals surface area contributed by atoms with Crippen LogP contribution in [0, 0.1) is 0 Å². The maximum absolute atomic E-state index is 4.48. The molecule has 0 unspecified atom stereocenters. The van der Waals surface area contributed by atoms with Gasteiger partial charge in [0.25, 0.3) is 0 Å². The first-order valence-electron chi connectivity index (χ1n) is 8.05. The Morgan fingerprint density at radius 1 is 1.14 bits per heavy atom. The molecule has 2 rings (SSSR count). The highest BCUT2D eigenvalue weighted by atomic mass is 14.9. The van der Waals surface area contributed by atoms with Gasteiger partial charge in [0.1, 0.15) is 5.82 Å². The lowest BCUT2D eigenvalue weighted by molar-refractivity contribution is 0.567. The van der Waals surface area contributed by atoms with E-state index >= 15 is 0 Å². The number of aromatic amines is 1. The van der Waals surface area contributed by atoms with Crippen LogP contribution in [0.3, 0.4) is 0 Å². The van der Waals surface area contributed by atoms with E-state index in [1.54, 1.807) is 0 Å². The van der Waals surface area contributed by atoms with Gasteiger partial charge in [-0.05, 0) is 30.5 Å². The van der Waals surface area contributed by atoms with Crippen molar-refractivity contribution in [2.45, 2.75) is 52.5 Å². The Morgan fingerprint density at radius 2 is 1.90 bits per heavy atom. The first-order valence-corrected chi connectivity index (χ1v) is 8.05. The number of nitrogens with one attached hydrogen (secondary N) is 2. The fraction of sp³-hybridized carbons (Fsp3) is 0.500. The van der Waals surface area contributed by atoms with Gasteiger partial charge in [-0.15, -0.1) is 0 Å². The molecule has 0 aliphatic heterocycles. The van der Waals surface area contributed by atoms with Crippen LogP contribution in [0.2, 0.25) is 0 Å². The molecular weight excluding hydrogens is 258 g/mol. The van der Waals surface area contributed by atoms with Crippen molar-refractivity contribution < 1.29 is 0 Å². The van der Waals surface area contributed by atoms with E-state index < -0.39 is 0 Å². The fourth-order valence-electron chi connectivity index (χ4n) is 2.42. The molecule has 1 aromatic carbocycles. The molecule has 0 radical (unpaired) electrons. The molecule has 0 saturated heterocycles. The number of aryl methyl sites for hydroxylation is 2. The first-order chi connectivity index (χ1) is 10.2. The summed E-state index contributed by atoms with van der Waals surface area (Å²) >= 11 is 0. The average molecular weight is 285 g/mol. The van der Waals surface area contributed by atoms with Crippen molar-refractivity contribution in [3.63, 3.8) is 0 Å². The van der Waals surface area contributed by atoms with Crippen LogP contribution in [0.4, 0.5) is 0 Å². The molecule has 0 aliphatic carbocycles. The van der Waals surface area contributed by atoms with E-state index in [0.717, 1.165) is 37.3 Å². The molecule has 2 N–H and O–H groups in total. The van der Waals surface area contributed by atoms with E-state index in [4.69, 9.17) is 0 Å². The van der Waals surface area contributed by atoms with E-state index in [2.05, 4.69) is 60.3 Å². The molecule has 0 aliphatic rings. The molecule has 114 valence electrons. The predicted molar refractivity (Wildman–Crippen MR) is 89.5 cm³/mol. The molecule has 21 heavy (non-hydrogen) atoms. The summed E-state index contributed by atoms with van der Waals surface area (Å²) in [4.78, 5) is 7.91. The van der Waals surface area contributed by atoms with Crippen molar-refractivity contribution in [1.29, 1.82) is 0 Å². The van der Waals surface area contributed by atoms with Crippen molar-refractivity contribution in [2.75, 3.05) is 6.54 Å². The zero-order chi connectivity index (χ0) is 15.1. The SMILES string of the molecule is CCCc1ccc(-c2cnc(CCCNC(C)C)[nH]2)cc1. The number of aromatic nitrogens is 2. The van der Waals surface area contributed by atoms with Crippen LogP contribution in [0.5, 0.6) is 0 Å². The maximum atomic E-state index is 4.48. The first kappa shape index (κ1) is 15.8. The number of rotatable bonds is 8. The maximum Gasteiger partial charge on any atom is 0.106 e. The number of nitrogens with zero attached hydrogens (tertiary/aromatic N) is 1. The van der Waals surface area contributed by atoms with Crippen molar-refractivity contribution in [3.05, 3.63) is 41.9 Å². The topological polar surface area (TPSA) is 40.7 Å². The van der Waals surface area contributed by atoms with E-state index in [0.29, 0.717) is 6.04 Å². The quantitative estimate of drug-likeness (QED) is 0.721. The van der Waals surface area contributed by atoms with Crippen molar-refractivity contribution in [3.8, 4) is 11.3 Å². The smallest absolute Gasteiger partial charge is 0.106 e. The Labute approximate surface area is 128 Å². The highest BCUT2D eigenvalue weighted by molar-refractivity contribution is 5.58. The fourth-order valence-corrected chi connectivity index (χ4v) is 2.42. The average Bonchev–Trinajstić information content (AvgIpc) is 2.93. The normalized spacial score (nSPS) is 11.2. The predicted octanol–water partition coefficient (Wildman–Crippen LogP) is 3.96. The summed E-state index contributed by atoms with van der Waals surface area (Å²) < 4.78 is 0. The Hall–Kier alpha value is -1.61. The third-order valence-corrected chi connectivity index (χ3v) is 3.58. The molecular formula is C18H27N3. The number of benzene rings is 1. The van der Waals surface area contributed by atoms with Gasteiger partial charge in [-0.1, -0.05) is 51.5 Å². The summed E-state index contributed by atoms with van der Waals surface area (Å²) in [6.45, 7) is 7.60. The van der Waals surface area contributed by atoms with Crippen LogP contribution >= 0.6 is 0 Å². The minimum atomic E-state index is 0.554. The van der Waals surface area contributed by atoms with E-state index in [1.165, 1.54) is 17.5 Å². The third kappa shape index (κ3) is 5.01. The number of H-pyrrole nitrogens is 1. The minimum absolute atomic E-state index is 0.554. The number of hydrogen-bond donors (Lipinski definition) is 2. The lowest BCUT2D eigenvalue weighted by Crippen LogP contribution is -2.24. The van der Waals surface area contributed by atoms with Crippen LogP contribution in [0.25, 0.3) is 11.3 Å². The van der Waals surface area contributed by atoms with Crippen LogP contribution in [0.15, 0.2) is 30.5 Å². The van der Waals surface area contributed by atoms with Gasteiger partial charge >= 0.3 is 0 Å². The molecule has 0 fully saturated rings. The van der Waals surface area contributed by atoms with E-state index in [1.807, 2.05) is 6.20 Å². The molecule has 0 spiro atoms. The van der Waals surface area contributed by atoms with Crippen LogP contribution in [0.1, 0.15) is 45.0 Å². The van der Waals surface area contributed by atoms with Gasteiger partial charge in [0.15, 0.2) is 0 Å². The summed E-state index contributed by atoms with van der Waals surface area (Å²) in [6.07, 6.45) is 6.39. The summed E-state index contributed by atoms with van der Waals surface area (Å²) in [5.74, 6) is 1.08. The minimum Gasteiger partial charge on any atom is -0.342 e. The Morgan fingerprint density at radius 3 is 2.57 bits per heavy atom. The molecule has 1 heterocycles. The van der Waals surface area contributed by atoms with Crippen LogP contribution in [-0.2, 0) is 12.8 Å². The molecule has 1 aromatic heterocycles. The Balaban J connectivity index is 1.89. The molecule has 0 bridgehead atoms. The van der Waals surface area contributed by atoms with E-state index in [-0.39, 0.29) is 0 Å². The summed E-state index contributed by atoms with van der Waals surface area (Å²) in [6, 6.07) is 9.35. The van der Waals surface area contributed by atoms with E-state index in [9.17, 15) is 0 Å².